The second kappa shape index (κ2) is 4.33. The number of amides is 1. The number of anilines is 1. The van der Waals surface area contributed by atoms with Gasteiger partial charge < -0.3 is 19.5 Å². The van der Waals surface area contributed by atoms with E-state index in [0.29, 0.717) is 12.3 Å². The summed E-state index contributed by atoms with van der Waals surface area (Å²) in [4.78, 5) is 25.9. The third-order valence-electron chi connectivity index (χ3n) is 4.77. The highest BCUT2D eigenvalue weighted by molar-refractivity contribution is 6.02. The average Bonchev–Trinajstić information content (AvgIpc) is 3.15. The molecule has 2 saturated heterocycles. The zero-order valence-corrected chi connectivity index (χ0v) is 11.9. The van der Waals surface area contributed by atoms with Gasteiger partial charge in [-0.25, -0.2) is 0 Å². The number of carboxylic acid groups (broad SMARTS) is 1. The molecule has 4 atom stereocenters. The maximum Gasteiger partial charge on any atom is 0.310 e. The van der Waals surface area contributed by atoms with E-state index in [1.54, 1.807) is 42.4 Å². The van der Waals surface area contributed by atoms with Gasteiger partial charge >= 0.3 is 5.97 Å². The Kier molecular flexibility index (Phi) is 2.62. The Labute approximate surface area is 126 Å². The van der Waals surface area contributed by atoms with Gasteiger partial charge in [0.1, 0.15) is 17.3 Å². The maximum absolute atomic E-state index is 12.8. The van der Waals surface area contributed by atoms with Gasteiger partial charge in [0.15, 0.2) is 0 Å². The lowest BCUT2D eigenvalue weighted by Gasteiger charge is -2.21. The van der Waals surface area contributed by atoms with Crippen molar-refractivity contribution >= 4 is 17.6 Å². The Bertz CT molecular complexity index is 682. The first-order valence-electron chi connectivity index (χ1n) is 7.11. The van der Waals surface area contributed by atoms with E-state index in [9.17, 15) is 14.7 Å². The summed E-state index contributed by atoms with van der Waals surface area (Å²) in [7, 11) is 1.58. The number of carbonyl (C=O) groups excluding carboxylic acids is 1. The number of methoxy groups -OCH3 is 1. The normalized spacial score (nSPS) is 35.0. The first kappa shape index (κ1) is 13.3. The number of carbonyl (C=O) groups is 2. The molecule has 0 saturated carbocycles. The number of carboxylic acids is 1. The Morgan fingerprint density at radius 2 is 2.14 bits per heavy atom. The fraction of sp³-hybridized carbons (Fsp3) is 0.375. The number of ether oxygens (including phenoxy) is 2. The molecule has 4 rings (SSSR count). The van der Waals surface area contributed by atoms with Crippen LogP contribution in [0.3, 0.4) is 0 Å². The molecule has 3 aliphatic heterocycles. The number of fused-ring (bicyclic) bond motifs is 1. The van der Waals surface area contributed by atoms with Crippen LogP contribution < -0.4 is 9.64 Å². The Morgan fingerprint density at radius 3 is 2.77 bits per heavy atom. The lowest BCUT2D eigenvalue weighted by atomic mass is 9.77. The molecular weight excluding hydrogens is 286 g/mol. The Balaban J connectivity index is 1.70. The Morgan fingerprint density at radius 1 is 1.41 bits per heavy atom. The molecule has 1 spiro atoms. The molecule has 0 radical (unpaired) electrons. The monoisotopic (exact) mass is 301 g/mol. The van der Waals surface area contributed by atoms with Crippen LogP contribution in [0.1, 0.15) is 0 Å². The molecule has 2 bridgehead atoms. The van der Waals surface area contributed by atoms with Gasteiger partial charge in [-0.2, -0.15) is 0 Å². The van der Waals surface area contributed by atoms with Crippen LogP contribution in [0.4, 0.5) is 5.69 Å². The van der Waals surface area contributed by atoms with E-state index in [1.807, 2.05) is 6.08 Å². The summed E-state index contributed by atoms with van der Waals surface area (Å²) in [6.45, 7) is 0.347. The number of aliphatic carboxylic acids is 1. The number of benzene rings is 1. The van der Waals surface area contributed by atoms with Crippen LogP contribution in [-0.2, 0) is 14.3 Å². The van der Waals surface area contributed by atoms with Crippen molar-refractivity contribution in [2.45, 2.75) is 11.7 Å². The van der Waals surface area contributed by atoms with Crippen molar-refractivity contribution in [2.24, 2.45) is 11.8 Å². The van der Waals surface area contributed by atoms with Crippen molar-refractivity contribution in [1.29, 1.82) is 0 Å². The van der Waals surface area contributed by atoms with Crippen molar-refractivity contribution < 1.29 is 24.2 Å². The largest absolute Gasteiger partial charge is 0.497 e. The minimum Gasteiger partial charge on any atom is -0.497 e. The topological polar surface area (TPSA) is 76.1 Å². The summed E-state index contributed by atoms with van der Waals surface area (Å²) < 4.78 is 11.0. The molecule has 0 aliphatic carbocycles. The van der Waals surface area contributed by atoms with E-state index in [0.717, 1.165) is 5.69 Å². The van der Waals surface area contributed by atoms with Crippen molar-refractivity contribution in [1.82, 2.24) is 0 Å². The lowest BCUT2D eigenvalue weighted by molar-refractivity contribution is -0.146. The third kappa shape index (κ3) is 1.58. The van der Waals surface area contributed by atoms with Crippen molar-refractivity contribution in [2.75, 3.05) is 18.6 Å². The number of nitrogens with zero attached hydrogens (tertiary/aromatic N) is 1. The molecule has 4 unspecified atom stereocenters. The average molecular weight is 301 g/mol. The lowest BCUT2D eigenvalue weighted by Crippen LogP contribution is -2.39. The highest BCUT2D eigenvalue weighted by atomic mass is 16.5. The van der Waals surface area contributed by atoms with Crippen LogP contribution in [0.5, 0.6) is 5.75 Å². The van der Waals surface area contributed by atoms with Crippen molar-refractivity contribution in [3.8, 4) is 5.75 Å². The van der Waals surface area contributed by atoms with Gasteiger partial charge in [0.25, 0.3) is 0 Å². The quantitative estimate of drug-likeness (QED) is 0.845. The Hall–Kier alpha value is -2.34. The first-order valence-corrected chi connectivity index (χ1v) is 7.11. The van der Waals surface area contributed by atoms with E-state index in [1.165, 1.54) is 0 Å². The minimum atomic E-state index is -0.980. The number of hydrogen-bond donors (Lipinski definition) is 1. The van der Waals surface area contributed by atoms with Crippen molar-refractivity contribution in [3.05, 3.63) is 36.4 Å². The van der Waals surface area contributed by atoms with Crippen LogP contribution in [-0.4, -0.2) is 42.3 Å². The minimum absolute atomic E-state index is 0.190. The summed E-state index contributed by atoms with van der Waals surface area (Å²) in [5.41, 5.74) is -0.0794. The molecule has 1 aromatic rings. The summed E-state index contributed by atoms with van der Waals surface area (Å²) >= 11 is 0. The molecule has 6 heteroatoms. The van der Waals surface area contributed by atoms with Crippen LogP contribution >= 0.6 is 0 Å². The van der Waals surface area contributed by atoms with Gasteiger partial charge in [-0.15, -0.1) is 0 Å². The van der Waals surface area contributed by atoms with Gasteiger partial charge in [-0.1, -0.05) is 12.2 Å². The fourth-order valence-electron chi connectivity index (χ4n) is 3.76. The van der Waals surface area contributed by atoms with Gasteiger partial charge in [-0.05, 0) is 24.3 Å². The molecule has 1 aromatic carbocycles. The predicted molar refractivity (Wildman–Crippen MR) is 76.7 cm³/mol. The number of rotatable bonds is 3. The van der Waals surface area contributed by atoms with Gasteiger partial charge in [0, 0.05) is 5.69 Å². The first-order chi connectivity index (χ1) is 10.6. The third-order valence-corrected chi connectivity index (χ3v) is 4.77. The second-order valence-corrected chi connectivity index (χ2v) is 5.86. The molecule has 3 aliphatic rings. The molecule has 1 amide bonds. The smallest absolute Gasteiger partial charge is 0.310 e. The molecule has 1 N–H and O–H groups in total. The van der Waals surface area contributed by atoms with Crippen LogP contribution in [0.15, 0.2) is 36.4 Å². The van der Waals surface area contributed by atoms with Crippen LogP contribution in [0.2, 0.25) is 0 Å². The SMILES string of the molecule is COc1ccc(N2CC34C=CC(O3)C(C(=O)O)C4C2=O)cc1. The molecule has 0 aromatic heterocycles. The van der Waals surface area contributed by atoms with Gasteiger partial charge in [0.2, 0.25) is 5.91 Å². The van der Waals surface area contributed by atoms with Crippen molar-refractivity contribution in [3.63, 3.8) is 0 Å². The fourth-order valence-corrected chi connectivity index (χ4v) is 3.76. The summed E-state index contributed by atoms with van der Waals surface area (Å²) in [6.07, 6.45) is 3.12. The molecule has 6 nitrogen and oxygen atoms in total. The molecule has 114 valence electrons. The molecular formula is C16H15NO5. The van der Waals surface area contributed by atoms with Crippen LogP contribution in [0.25, 0.3) is 0 Å². The molecule has 2 fully saturated rings. The van der Waals surface area contributed by atoms with E-state index < -0.39 is 29.5 Å². The predicted octanol–water partition coefficient (Wildman–Crippen LogP) is 1.07. The van der Waals surface area contributed by atoms with Gasteiger partial charge in [-0.3, -0.25) is 9.59 Å². The highest BCUT2D eigenvalue weighted by Crippen LogP contribution is 2.52. The van der Waals surface area contributed by atoms with E-state index in [-0.39, 0.29) is 5.91 Å². The maximum atomic E-state index is 12.8. The standard InChI is InChI=1S/C16H15NO5/c1-21-10-4-2-9(3-5-10)17-8-16-7-6-11(22-16)12(15(19)20)13(16)14(17)18/h2-7,11-13H,8H2,1H3,(H,19,20). The van der Waals surface area contributed by atoms with Gasteiger partial charge in [0.05, 0.1) is 25.7 Å². The van der Waals surface area contributed by atoms with Crippen LogP contribution in [0, 0.1) is 11.8 Å². The summed E-state index contributed by atoms with van der Waals surface area (Å²) in [5.74, 6) is -1.92. The van der Waals surface area contributed by atoms with E-state index in [2.05, 4.69) is 0 Å². The summed E-state index contributed by atoms with van der Waals surface area (Å²) in [6, 6.07) is 7.13. The second-order valence-electron chi connectivity index (χ2n) is 5.86. The highest BCUT2D eigenvalue weighted by Gasteiger charge is 2.67. The van der Waals surface area contributed by atoms with E-state index >= 15 is 0 Å². The zero-order chi connectivity index (χ0) is 15.5. The zero-order valence-electron chi connectivity index (χ0n) is 11.9. The number of hydrogen-bond acceptors (Lipinski definition) is 4. The van der Waals surface area contributed by atoms with E-state index in [4.69, 9.17) is 9.47 Å². The summed E-state index contributed by atoms with van der Waals surface area (Å²) in [5, 5.41) is 9.42. The molecule has 3 heterocycles. The molecule has 22 heavy (non-hydrogen) atoms.